The number of nitrogens with zero attached hydrogens (tertiary/aromatic N) is 2. The maximum absolute atomic E-state index is 5.94. The van der Waals surface area contributed by atoms with Gasteiger partial charge in [-0.1, -0.05) is 30.7 Å². The average molecular weight is 351 g/mol. The van der Waals surface area contributed by atoms with Crippen molar-refractivity contribution < 1.29 is 0 Å². The van der Waals surface area contributed by atoms with Crippen molar-refractivity contribution in [2.45, 2.75) is 39.8 Å². The highest BCUT2D eigenvalue weighted by Crippen LogP contribution is 2.16. The summed E-state index contributed by atoms with van der Waals surface area (Å²) in [6.45, 7) is 7.71. The summed E-state index contributed by atoms with van der Waals surface area (Å²) in [6.07, 6.45) is 2.96. The van der Waals surface area contributed by atoms with Crippen LogP contribution in [0.25, 0.3) is 0 Å². The number of nitrogens with one attached hydrogen (secondary N) is 2. The summed E-state index contributed by atoms with van der Waals surface area (Å²) >= 11 is 7.66. The molecule has 0 radical (unpaired) electrons. The first-order chi connectivity index (χ1) is 11.1. The lowest BCUT2D eigenvalue weighted by atomic mass is 10.1. The molecule has 0 amide bonds. The van der Waals surface area contributed by atoms with Gasteiger partial charge in [0.2, 0.25) is 0 Å². The van der Waals surface area contributed by atoms with Crippen LogP contribution in [-0.4, -0.2) is 17.5 Å². The Morgan fingerprint density at radius 3 is 2.65 bits per heavy atom. The van der Waals surface area contributed by atoms with Gasteiger partial charge in [-0.3, -0.25) is 0 Å². The lowest BCUT2D eigenvalue weighted by Gasteiger charge is -2.18. The van der Waals surface area contributed by atoms with E-state index in [1.165, 1.54) is 10.4 Å². The number of rotatable bonds is 6. The van der Waals surface area contributed by atoms with E-state index in [4.69, 9.17) is 11.6 Å². The molecule has 6 heteroatoms. The van der Waals surface area contributed by atoms with E-state index in [1.807, 2.05) is 30.5 Å². The standard InChI is InChI=1S/C17H23ClN4S/c1-4-15-10-20-16(23-15)11-21-17(19-5-2)22-12(3)13-6-8-14(18)9-7-13/h6-10,12H,4-5,11H2,1-3H3,(H2,19,21,22). The summed E-state index contributed by atoms with van der Waals surface area (Å²) in [5, 5.41) is 8.48. The highest BCUT2D eigenvalue weighted by atomic mass is 35.5. The fraction of sp³-hybridized carbons (Fsp3) is 0.412. The molecule has 23 heavy (non-hydrogen) atoms. The van der Waals surface area contributed by atoms with E-state index >= 15 is 0 Å². The molecule has 1 unspecified atom stereocenters. The van der Waals surface area contributed by atoms with Gasteiger partial charge in [-0.2, -0.15) is 0 Å². The number of hydrogen-bond acceptors (Lipinski definition) is 3. The molecule has 0 bridgehead atoms. The molecule has 0 aliphatic heterocycles. The molecule has 2 N–H and O–H groups in total. The van der Waals surface area contributed by atoms with Gasteiger partial charge in [-0.05, 0) is 38.0 Å². The molecule has 2 aromatic rings. The Bertz CT molecular complexity index is 636. The van der Waals surface area contributed by atoms with E-state index in [9.17, 15) is 0 Å². The lowest BCUT2D eigenvalue weighted by Crippen LogP contribution is -2.38. The van der Waals surface area contributed by atoms with Gasteiger partial charge in [-0.15, -0.1) is 11.3 Å². The maximum atomic E-state index is 5.94. The Hall–Kier alpha value is -1.59. The molecule has 1 aromatic carbocycles. The van der Waals surface area contributed by atoms with Crippen molar-refractivity contribution in [3.8, 4) is 0 Å². The Labute approximate surface area is 147 Å². The molecule has 124 valence electrons. The molecule has 0 aliphatic rings. The minimum atomic E-state index is 0.146. The molecule has 1 aromatic heterocycles. The topological polar surface area (TPSA) is 49.3 Å². The number of benzene rings is 1. The molecule has 0 spiro atoms. The number of guanidine groups is 1. The first-order valence-electron chi connectivity index (χ1n) is 7.86. The SMILES string of the molecule is CCNC(=NCc1ncc(CC)s1)NC(C)c1ccc(Cl)cc1. The smallest absolute Gasteiger partial charge is 0.192 e. The van der Waals surface area contributed by atoms with E-state index in [0.29, 0.717) is 6.54 Å². The summed E-state index contributed by atoms with van der Waals surface area (Å²) in [5.41, 5.74) is 1.17. The zero-order chi connectivity index (χ0) is 16.7. The number of halogens is 1. The van der Waals surface area contributed by atoms with Gasteiger partial charge in [-0.25, -0.2) is 9.98 Å². The number of hydrogen-bond donors (Lipinski definition) is 2. The quantitative estimate of drug-likeness (QED) is 0.607. The van der Waals surface area contributed by atoms with Gasteiger partial charge in [0.25, 0.3) is 0 Å². The summed E-state index contributed by atoms with van der Waals surface area (Å²) < 4.78 is 0. The maximum Gasteiger partial charge on any atom is 0.192 e. The first-order valence-corrected chi connectivity index (χ1v) is 9.05. The van der Waals surface area contributed by atoms with Crippen molar-refractivity contribution in [2.24, 2.45) is 4.99 Å². The van der Waals surface area contributed by atoms with E-state index in [2.05, 4.69) is 41.4 Å². The van der Waals surface area contributed by atoms with Gasteiger partial charge < -0.3 is 10.6 Å². The Morgan fingerprint density at radius 1 is 1.30 bits per heavy atom. The van der Waals surface area contributed by atoms with Crippen molar-refractivity contribution in [2.75, 3.05) is 6.54 Å². The van der Waals surface area contributed by atoms with Gasteiger partial charge in [0.1, 0.15) is 5.01 Å². The molecule has 0 saturated heterocycles. The van der Waals surface area contributed by atoms with Gasteiger partial charge in [0.05, 0.1) is 12.6 Å². The van der Waals surface area contributed by atoms with Crippen molar-refractivity contribution in [3.05, 3.63) is 50.9 Å². The second-order valence-electron chi connectivity index (χ2n) is 5.19. The van der Waals surface area contributed by atoms with Crippen molar-refractivity contribution >= 4 is 28.9 Å². The molecule has 1 atom stereocenters. The van der Waals surface area contributed by atoms with Crippen LogP contribution in [0.15, 0.2) is 35.5 Å². The average Bonchev–Trinajstić information content (AvgIpc) is 3.01. The molecular weight excluding hydrogens is 328 g/mol. The zero-order valence-electron chi connectivity index (χ0n) is 13.8. The Morgan fingerprint density at radius 2 is 2.04 bits per heavy atom. The minimum absolute atomic E-state index is 0.146. The Balaban J connectivity index is 2.01. The largest absolute Gasteiger partial charge is 0.357 e. The molecule has 0 saturated carbocycles. The fourth-order valence-electron chi connectivity index (χ4n) is 2.09. The molecule has 4 nitrogen and oxygen atoms in total. The molecular formula is C17H23ClN4S. The predicted octanol–water partition coefficient (Wildman–Crippen LogP) is 4.18. The van der Waals surface area contributed by atoms with Crippen LogP contribution >= 0.6 is 22.9 Å². The van der Waals surface area contributed by atoms with Gasteiger partial charge >= 0.3 is 0 Å². The van der Waals surface area contributed by atoms with Gasteiger partial charge in [0, 0.05) is 22.6 Å². The van der Waals surface area contributed by atoms with Crippen molar-refractivity contribution in [3.63, 3.8) is 0 Å². The molecule has 1 heterocycles. The summed E-state index contributed by atoms with van der Waals surface area (Å²) in [5.74, 6) is 0.795. The predicted molar refractivity (Wildman–Crippen MR) is 99.3 cm³/mol. The van der Waals surface area contributed by atoms with E-state index in [-0.39, 0.29) is 6.04 Å². The van der Waals surface area contributed by atoms with Crippen LogP contribution in [-0.2, 0) is 13.0 Å². The number of aryl methyl sites for hydroxylation is 1. The lowest BCUT2D eigenvalue weighted by molar-refractivity contribution is 0.686. The molecule has 0 aliphatic carbocycles. The third-order valence-electron chi connectivity index (χ3n) is 3.39. The van der Waals surface area contributed by atoms with Crippen LogP contribution in [0.2, 0.25) is 5.02 Å². The van der Waals surface area contributed by atoms with Crippen LogP contribution in [0, 0.1) is 0 Å². The summed E-state index contributed by atoms with van der Waals surface area (Å²) in [6, 6.07) is 8.00. The zero-order valence-corrected chi connectivity index (χ0v) is 15.3. The van der Waals surface area contributed by atoms with Crippen LogP contribution in [0.3, 0.4) is 0 Å². The van der Waals surface area contributed by atoms with E-state index < -0.39 is 0 Å². The summed E-state index contributed by atoms with van der Waals surface area (Å²) in [4.78, 5) is 10.3. The second-order valence-corrected chi connectivity index (χ2v) is 6.82. The molecule has 0 fully saturated rings. The number of aliphatic imine (C=N–C) groups is 1. The van der Waals surface area contributed by atoms with Crippen LogP contribution < -0.4 is 10.6 Å². The third kappa shape index (κ3) is 5.52. The van der Waals surface area contributed by atoms with Crippen molar-refractivity contribution in [1.29, 1.82) is 0 Å². The van der Waals surface area contributed by atoms with Crippen LogP contribution in [0.1, 0.15) is 42.3 Å². The van der Waals surface area contributed by atoms with Crippen molar-refractivity contribution in [1.82, 2.24) is 15.6 Å². The number of aromatic nitrogens is 1. The third-order valence-corrected chi connectivity index (χ3v) is 4.77. The highest BCUT2D eigenvalue weighted by Gasteiger charge is 2.08. The normalized spacial score (nSPS) is 13.0. The number of thiazole rings is 1. The monoisotopic (exact) mass is 350 g/mol. The van der Waals surface area contributed by atoms with Gasteiger partial charge in [0.15, 0.2) is 5.96 Å². The van der Waals surface area contributed by atoms with Crippen LogP contribution in [0.4, 0.5) is 0 Å². The Kier molecular flexibility index (Phi) is 6.86. The molecule has 2 rings (SSSR count). The van der Waals surface area contributed by atoms with Crippen LogP contribution in [0.5, 0.6) is 0 Å². The highest BCUT2D eigenvalue weighted by molar-refractivity contribution is 7.11. The second kappa shape index (κ2) is 8.89. The minimum Gasteiger partial charge on any atom is -0.357 e. The fourth-order valence-corrected chi connectivity index (χ4v) is 3.00. The van der Waals surface area contributed by atoms with E-state index in [1.54, 1.807) is 11.3 Å². The first kappa shape index (κ1) is 17.8. The van der Waals surface area contributed by atoms with E-state index in [0.717, 1.165) is 29.0 Å². The summed E-state index contributed by atoms with van der Waals surface area (Å²) in [7, 11) is 0.